The lowest BCUT2D eigenvalue weighted by atomic mass is 10.0. The lowest BCUT2D eigenvalue weighted by molar-refractivity contribution is -0.118. The van der Waals surface area contributed by atoms with Crippen molar-refractivity contribution < 1.29 is 9.53 Å². The molecule has 1 aromatic carbocycles. The number of hydrogen-bond donors (Lipinski definition) is 0. The van der Waals surface area contributed by atoms with Gasteiger partial charge in [-0.2, -0.15) is 0 Å². The molecule has 0 bridgehead atoms. The Morgan fingerprint density at radius 3 is 3.00 bits per heavy atom. The summed E-state index contributed by atoms with van der Waals surface area (Å²) in [4.78, 5) is 13.7. The van der Waals surface area contributed by atoms with Gasteiger partial charge in [0, 0.05) is 18.7 Å². The van der Waals surface area contributed by atoms with Gasteiger partial charge in [0.05, 0.1) is 7.11 Å². The number of fused-ring (bicyclic) bond motifs is 1. The summed E-state index contributed by atoms with van der Waals surface area (Å²) in [5, 5.41) is 0. The first kappa shape index (κ1) is 11.0. The number of benzene rings is 1. The largest absolute Gasteiger partial charge is 0.497 e. The van der Waals surface area contributed by atoms with Crippen LogP contribution in [0.1, 0.15) is 25.3 Å². The number of carbonyl (C=O) groups is 1. The van der Waals surface area contributed by atoms with Crippen molar-refractivity contribution in [3.8, 4) is 5.75 Å². The predicted molar refractivity (Wildman–Crippen MR) is 64.0 cm³/mol. The van der Waals surface area contributed by atoms with E-state index in [1.54, 1.807) is 7.11 Å². The zero-order valence-electron chi connectivity index (χ0n) is 9.82. The maximum Gasteiger partial charge on any atom is 0.226 e. The van der Waals surface area contributed by atoms with Gasteiger partial charge in [-0.1, -0.05) is 6.92 Å². The Labute approximate surface area is 96.0 Å². The summed E-state index contributed by atoms with van der Waals surface area (Å²) in [6, 6.07) is 5.94. The molecule has 0 N–H and O–H groups in total. The van der Waals surface area contributed by atoms with E-state index in [9.17, 15) is 4.79 Å². The molecule has 1 heterocycles. The Morgan fingerprint density at radius 1 is 1.50 bits per heavy atom. The molecule has 0 unspecified atom stereocenters. The van der Waals surface area contributed by atoms with Gasteiger partial charge >= 0.3 is 0 Å². The third kappa shape index (κ3) is 1.90. The molecule has 3 nitrogen and oxygen atoms in total. The van der Waals surface area contributed by atoms with Gasteiger partial charge in [-0.05, 0) is 36.6 Å². The first-order chi connectivity index (χ1) is 7.76. The monoisotopic (exact) mass is 219 g/mol. The SMILES string of the molecule is CCC(=O)N1CCCc2cc(OC)ccc21. The zero-order chi connectivity index (χ0) is 11.5. The van der Waals surface area contributed by atoms with Gasteiger partial charge in [-0.3, -0.25) is 4.79 Å². The van der Waals surface area contributed by atoms with Crippen molar-refractivity contribution in [1.29, 1.82) is 0 Å². The smallest absolute Gasteiger partial charge is 0.226 e. The molecule has 0 spiro atoms. The van der Waals surface area contributed by atoms with Crippen LogP contribution in [0, 0.1) is 0 Å². The fourth-order valence-electron chi connectivity index (χ4n) is 2.15. The molecular weight excluding hydrogens is 202 g/mol. The molecule has 0 atom stereocenters. The van der Waals surface area contributed by atoms with E-state index in [2.05, 4.69) is 0 Å². The molecule has 3 heteroatoms. The van der Waals surface area contributed by atoms with Crippen molar-refractivity contribution in [2.24, 2.45) is 0 Å². The second-order valence-electron chi connectivity index (χ2n) is 4.00. The average molecular weight is 219 g/mol. The standard InChI is InChI=1S/C13H17NO2/c1-3-13(15)14-8-4-5-10-9-11(16-2)6-7-12(10)14/h6-7,9H,3-5,8H2,1-2H3. The summed E-state index contributed by atoms with van der Waals surface area (Å²) in [6.07, 6.45) is 2.62. The summed E-state index contributed by atoms with van der Waals surface area (Å²) >= 11 is 0. The molecule has 16 heavy (non-hydrogen) atoms. The highest BCUT2D eigenvalue weighted by Crippen LogP contribution is 2.30. The van der Waals surface area contributed by atoms with Gasteiger partial charge in [-0.25, -0.2) is 0 Å². The minimum absolute atomic E-state index is 0.200. The molecule has 1 aliphatic heterocycles. The van der Waals surface area contributed by atoms with Gasteiger partial charge in [0.25, 0.3) is 0 Å². The van der Waals surface area contributed by atoms with Gasteiger partial charge < -0.3 is 9.64 Å². The Morgan fingerprint density at radius 2 is 2.31 bits per heavy atom. The summed E-state index contributed by atoms with van der Waals surface area (Å²) in [7, 11) is 1.67. The number of methoxy groups -OCH3 is 1. The van der Waals surface area contributed by atoms with Crippen molar-refractivity contribution in [2.45, 2.75) is 26.2 Å². The van der Waals surface area contributed by atoms with Crippen LogP contribution in [0.5, 0.6) is 5.75 Å². The number of aryl methyl sites for hydroxylation is 1. The van der Waals surface area contributed by atoms with Crippen LogP contribution in [0.3, 0.4) is 0 Å². The first-order valence-electron chi connectivity index (χ1n) is 5.73. The summed E-state index contributed by atoms with van der Waals surface area (Å²) in [5.41, 5.74) is 2.27. The second kappa shape index (κ2) is 4.56. The van der Waals surface area contributed by atoms with Crippen LogP contribution < -0.4 is 9.64 Å². The highest BCUT2D eigenvalue weighted by molar-refractivity contribution is 5.94. The Balaban J connectivity index is 2.36. The van der Waals surface area contributed by atoms with E-state index in [1.807, 2.05) is 30.0 Å². The third-order valence-electron chi connectivity index (χ3n) is 3.01. The molecule has 1 amide bonds. The molecule has 0 radical (unpaired) electrons. The number of rotatable bonds is 2. The molecule has 1 aromatic rings. The molecule has 0 fully saturated rings. The van der Waals surface area contributed by atoms with Crippen LogP contribution >= 0.6 is 0 Å². The normalized spacial score (nSPS) is 14.5. The van der Waals surface area contributed by atoms with Crippen molar-refractivity contribution in [3.05, 3.63) is 23.8 Å². The lowest BCUT2D eigenvalue weighted by Crippen LogP contribution is -2.34. The Hall–Kier alpha value is -1.51. The molecular formula is C13H17NO2. The van der Waals surface area contributed by atoms with Crippen molar-refractivity contribution in [1.82, 2.24) is 0 Å². The van der Waals surface area contributed by atoms with Crippen LogP contribution in [-0.4, -0.2) is 19.6 Å². The number of hydrogen-bond acceptors (Lipinski definition) is 2. The van der Waals surface area contributed by atoms with Gasteiger partial charge in [0.2, 0.25) is 5.91 Å². The highest BCUT2D eigenvalue weighted by atomic mass is 16.5. The quantitative estimate of drug-likeness (QED) is 0.764. The fraction of sp³-hybridized carbons (Fsp3) is 0.462. The average Bonchev–Trinajstić information content (AvgIpc) is 2.36. The van der Waals surface area contributed by atoms with Crippen LogP contribution in [0.2, 0.25) is 0 Å². The van der Waals surface area contributed by atoms with E-state index in [0.29, 0.717) is 6.42 Å². The van der Waals surface area contributed by atoms with Gasteiger partial charge in [-0.15, -0.1) is 0 Å². The topological polar surface area (TPSA) is 29.5 Å². The molecule has 0 saturated carbocycles. The summed E-state index contributed by atoms with van der Waals surface area (Å²) in [6.45, 7) is 2.74. The van der Waals surface area contributed by atoms with Crippen molar-refractivity contribution in [3.63, 3.8) is 0 Å². The minimum Gasteiger partial charge on any atom is -0.497 e. The molecule has 0 saturated heterocycles. The highest BCUT2D eigenvalue weighted by Gasteiger charge is 2.21. The molecule has 2 rings (SSSR count). The summed E-state index contributed by atoms with van der Waals surface area (Å²) in [5.74, 6) is 1.07. The molecule has 1 aliphatic rings. The van der Waals surface area contributed by atoms with E-state index >= 15 is 0 Å². The second-order valence-corrected chi connectivity index (χ2v) is 4.00. The first-order valence-corrected chi connectivity index (χ1v) is 5.73. The van der Waals surface area contributed by atoms with E-state index in [4.69, 9.17) is 4.74 Å². The van der Waals surface area contributed by atoms with E-state index < -0.39 is 0 Å². The maximum absolute atomic E-state index is 11.8. The van der Waals surface area contributed by atoms with Crippen LogP contribution in [0.15, 0.2) is 18.2 Å². The van der Waals surface area contributed by atoms with Gasteiger partial charge in [0.1, 0.15) is 5.75 Å². The van der Waals surface area contributed by atoms with Crippen LogP contribution in [-0.2, 0) is 11.2 Å². The third-order valence-corrected chi connectivity index (χ3v) is 3.01. The number of amides is 1. The Bertz CT molecular complexity index is 401. The lowest BCUT2D eigenvalue weighted by Gasteiger charge is -2.29. The number of carbonyl (C=O) groups excluding carboxylic acids is 1. The molecule has 0 aromatic heterocycles. The number of nitrogens with zero attached hydrogens (tertiary/aromatic N) is 1. The maximum atomic E-state index is 11.8. The van der Waals surface area contributed by atoms with Gasteiger partial charge in [0.15, 0.2) is 0 Å². The van der Waals surface area contributed by atoms with Crippen molar-refractivity contribution >= 4 is 11.6 Å². The minimum atomic E-state index is 0.200. The van der Waals surface area contributed by atoms with Crippen LogP contribution in [0.4, 0.5) is 5.69 Å². The zero-order valence-corrected chi connectivity index (χ0v) is 9.82. The van der Waals surface area contributed by atoms with Crippen molar-refractivity contribution in [2.75, 3.05) is 18.6 Å². The number of anilines is 1. The molecule has 0 aliphatic carbocycles. The van der Waals surface area contributed by atoms with E-state index in [-0.39, 0.29) is 5.91 Å². The van der Waals surface area contributed by atoms with Crippen LogP contribution in [0.25, 0.3) is 0 Å². The summed E-state index contributed by atoms with van der Waals surface area (Å²) < 4.78 is 5.20. The predicted octanol–water partition coefficient (Wildman–Crippen LogP) is 2.38. The molecule has 86 valence electrons. The van der Waals surface area contributed by atoms with E-state index in [0.717, 1.165) is 30.8 Å². The number of ether oxygens (including phenoxy) is 1. The fourth-order valence-corrected chi connectivity index (χ4v) is 2.15. The Kier molecular flexibility index (Phi) is 3.13. The van der Waals surface area contributed by atoms with E-state index in [1.165, 1.54) is 5.56 Å².